The summed E-state index contributed by atoms with van der Waals surface area (Å²) in [6.07, 6.45) is 4.31. The lowest BCUT2D eigenvalue weighted by atomic mass is 10.2. The largest absolute Gasteiger partial charge is 0.504 e. The molecule has 8 heteroatoms. The maximum atomic E-state index is 11.6. The number of ether oxygens (including phenoxy) is 1. The number of amides is 2. The molecule has 3 aromatic rings. The third kappa shape index (κ3) is 4.55. The van der Waals surface area contributed by atoms with Crippen LogP contribution in [-0.4, -0.2) is 40.6 Å². The maximum absolute atomic E-state index is 11.6. The zero-order valence-electron chi connectivity index (χ0n) is 15.6. The molecule has 0 radical (unpaired) electrons. The highest BCUT2D eigenvalue weighted by atomic mass is 32.2. The summed E-state index contributed by atoms with van der Waals surface area (Å²) in [5.41, 5.74) is 2.41. The molecule has 0 saturated carbocycles. The number of hydrogen-bond donors (Lipinski definition) is 1. The van der Waals surface area contributed by atoms with Crippen LogP contribution in [0.4, 0.5) is 10.8 Å². The molecule has 1 aliphatic heterocycles. The number of carbonyl (C=O) groups excluding carboxylic acids is 2. The van der Waals surface area contributed by atoms with E-state index in [9.17, 15) is 9.59 Å². The van der Waals surface area contributed by atoms with Crippen LogP contribution in [0.15, 0.2) is 57.9 Å². The van der Waals surface area contributed by atoms with Crippen LogP contribution in [-0.2, 0) is 4.79 Å². The first-order valence-corrected chi connectivity index (χ1v) is 9.79. The minimum atomic E-state index is -0.362. The Kier molecular flexibility index (Phi) is 5.44. The molecule has 7 nitrogen and oxygen atoms in total. The molecular formula is C21H18N3O4S+. The molecule has 1 aromatic heterocycles. The number of carbonyl (C=O) groups is 2. The van der Waals surface area contributed by atoms with E-state index in [-0.39, 0.29) is 11.1 Å². The van der Waals surface area contributed by atoms with E-state index in [4.69, 9.17) is 9.15 Å². The highest BCUT2D eigenvalue weighted by molar-refractivity contribution is 8.18. The molecule has 1 saturated heterocycles. The maximum Gasteiger partial charge on any atom is 0.504 e. The van der Waals surface area contributed by atoms with Gasteiger partial charge >= 0.3 is 6.01 Å². The summed E-state index contributed by atoms with van der Waals surface area (Å²) in [6.45, 7) is 0.498. The first kappa shape index (κ1) is 18.9. The summed E-state index contributed by atoms with van der Waals surface area (Å²) >= 11 is 0.900. The summed E-state index contributed by atoms with van der Waals surface area (Å²) in [5.74, 6) is 0.364. The van der Waals surface area contributed by atoms with Crippen molar-refractivity contribution >= 4 is 52.3 Å². The van der Waals surface area contributed by atoms with E-state index < -0.39 is 0 Å². The molecule has 4 rings (SSSR count). The lowest BCUT2D eigenvalue weighted by molar-refractivity contribution is -0.421. The highest BCUT2D eigenvalue weighted by Crippen LogP contribution is 2.26. The van der Waals surface area contributed by atoms with Crippen molar-refractivity contribution in [3.05, 3.63) is 59.0 Å². The van der Waals surface area contributed by atoms with Gasteiger partial charge in [-0.15, -0.1) is 0 Å². The molecule has 1 aliphatic rings. The second kappa shape index (κ2) is 8.32. The average Bonchev–Trinajstić information content (AvgIpc) is 3.29. The van der Waals surface area contributed by atoms with Gasteiger partial charge in [0.15, 0.2) is 5.58 Å². The number of aromatic nitrogens is 1. The van der Waals surface area contributed by atoms with Gasteiger partial charge in [0.25, 0.3) is 11.1 Å². The molecular weight excluding hydrogens is 390 g/mol. The summed E-state index contributed by atoms with van der Waals surface area (Å²) in [7, 11) is 1.88. The Balaban J connectivity index is 1.31. The van der Waals surface area contributed by atoms with Crippen LogP contribution >= 0.6 is 11.8 Å². The minimum Gasteiger partial charge on any atom is -0.493 e. The number of nitrogens with one attached hydrogen (secondary N) is 1. The third-order valence-electron chi connectivity index (χ3n) is 4.19. The van der Waals surface area contributed by atoms with E-state index in [0.717, 1.165) is 34.2 Å². The molecule has 0 unspecified atom stereocenters. The van der Waals surface area contributed by atoms with Gasteiger partial charge in [-0.3, -0.25) is 14.9 Å². The number of benzene rings is 2. The zero-order chi connectivity index (χ0) is 20.2. The molecule has 0 spiro atoms. The first-order valence-electron chi connectivity index (χ1n) is 8.98. The predicted molar refractivity (Wildman–Crippen MR) is 112 cm³/mol. The fraction of sp³-hybridized carbons (Fsp3) is 0.143. The Hall–Kier alpha value is -3.39. The Labute approximate surface area is 171 Å². The SMILES string of the molecule is C[N+](=CCCOc1ccc(C=C2SC(=O)NC2=O)cc1)c1nc2ccccc2o1. The highest BCUT2D eigenvalue weighted by Gasteiger charge is 2.24. The zero-order valence-corrected chi connectivity index (χ0v) is 16.4. The Bertz CT molecular complexity index is 1100. The second-order valence-electron chi connectivity index (χ2n) is 6.32. The summed E-state index contributed by atoms with van der Waals surface area (Å²) in [6, 6.07) is 15.5. The number of nitrogens with zero attached hydrogens (tertiary/aromatic N) is 2. The number of para-hydroxylation sites is 2. The molecule has 2 aromatic carbocycles. The number of hydrogen-bond acceptors (Lipinski definition) is 6. The van der Waals surface area contributed by atoms with Crippen molar-refractivity contribution in [3.8, 4) is 5.75 Å². The molecule has 29 heavy (non-hydrogen) atoms. The van der Waals surface area contributed by atoms with Crippen molar-refractivity contribution < 1.29 is 23.3 Å². The van der Waals surface area contributed by atoms with Gasteiger partial charge in [0, 0.05) is 6.42 Å². The van der Waals surface area contributed by atoms with Crippen LogP contribution in [0.2, 0.25) is 0 Å². The van der Waals surface area contributed by atoms with E-state index >= 15 is 0 Å². The summed E-state index contributed by atoms with van der Waals surface area (Å²) in [4.78, 5) is 27.6. The van der Waals surface area contributed by atoms with Crippen LogP contribution in [0.5, 0.6) is 5.75 Å². The lowest BCUT2D eigenvalue weighted by Gasteiger charge is -2.04. The van der Waals surface area contributed by atoms with E-state index in [0.29, 0.717) is 23.9 Å². The van der Waals surface area contributed by atoms with Gasteiger partial charge in [0.05, 0.1) is 24.8 Å². The normalized spacial score (nSPS) is 15.9. The van der Waals surface area contributed by atoms with Crippen LogP contribution in [0.1, 0.15) is 12.0 Å². The molecule has 0 aliphatic carbocycles. The van der Waals surface area contributed by atoms with Gasteiger partial charge < -0.3 is 9.15 Å². The average molecular weight is 408 g/mol. The fourth-order valence-corrected chi connectivity index (χ4v) is 3.43. The fourth-order valence-electron chi connectivity index (χ4n) is 2.74. The van der Waals surface area contributed by atoms with Gasteiger partial charge in [0.1, 0.15) is 5.75 Å². The van der Waals surface area contributed by atoms with Gasteiger partial charge in [-0.1, -0.05) is 24.3 Å². The van der Waals surface area contributed by atoms with E-state index in [1.54, 1.807) is 6.08 Å². The molecule has 2 amide bonds. The lowest BCUT2D eigenvalue weighted by Crippen LogP contribution is -2.17. The molecule has 2 heterocycles. The number of fused-ring (bicyclic) bond motifs is 1. The summed E-state index contributed by atoms with van der Waals surface area (Å²) < 4.78 is 13.3. The van der Waals surface area contributed by atoms with Gasteiger partial charge in [-0.05, 0) is 52.7 Å². The second-order valence-corrected chi connectivity index (χ2v) is 7.33. The van der Waals surface area contributed by atoms with Crippen molar-refractivity contribution in [2.45, 2.75) is 6.42 Å². The molecule has 1 fully saturated rings. The minimum absolute atomic E-state index is 0.347. The van der Waals surface area contributed by atoms with Crippen molar-refractivity contribution in [2.75, 3.05) is 13.7 Å². The Morgan fingerprint density at radius 3 is 2.69 bits per heavy atom. The van der Waals surface area contributed by atoms with Crippen LogP contribution < -0.4 is 10.1 Å². The Morgan fingerprint density at radius 2 is 1.97 bits per heavy atom. The van der Waals surface area contributed by atoms with Crippen LogP contribution in [0.25, 0.3) is 17.2 Å². The molecule has 1 N–H and O–H groups in total. The summed E-state index contributed by atoms with van der Waals surface area (Å²) in [5, 5.41) is 1.89. The smallest absolute Gasteiger partial charge is 0.493 e. The van der Waals surface area contributed by atoms with Crippen molar-refractivity contribution in [2.24, 2.45) is 0 Å². The van der Waals surface area contributed by atoms with Gasteiger partial charge in [-0.25, -0.2) is 4.58 Å². The van der Waals surface area contributed by atoms with E-state index in [1.165, 1.54) is 0 Å². The monoisotopic (exact) mass is 408 g/mol. The van der Waals surface area contributed by atoms with E-state index in [1.807, 2.05) is 66.4 Å². The van der Waals surface area contributed by atoms with Crippen molar-refractivity contribution in [1.82, 2.24) is 10.3 Å². The van der Waals surface area contributed by atoms with Crippen molar-refractivity contribution in [1.29, 1.82) is 0 Å². The topological polar surface area (TPSA) is 84.4 Å². The van der Waals surface area contributed by atoms with Crippen LogP contribution in [0.3, 0.4) is 0 Å². The van der Waals surface area contributed by atoms with Gasteiger partial charge in [0.2, 0.25) is 5.52 Å². The molecule has 146 valence electrons. The number of thioether (sulfide) groups is 1. The number of imide groups is 1. The molecule has 0 atom stereocenters. The quantitative estimate of drug-likeness (QED) is 0.288. The first-order chi connectivity index (χ1) is 14.1. The number of oxazole rings is 1. The number of rotatable bonds is 6. The third-order valence-corrected chi connectivity index (χ3v) is 5.00. The predicted octanol–water partition coefficient (Wildman–Crippen LogP) is 3.97. The standard InChI is InChI=1S/C21H17N3O4S/c1-24(20-22-16-5-2-3-6-17(16)28-20)11-4-12-27-15-9-7-14(8-10-15)13-18-19(25)23-21(26)29-18/h2-3,5-11,13H,4,12H2,1H3/p+1. The van der Waals surface area contributed by atoms with Crippen LogP contribution in [0, 0.1) is 0 Å². The van der Waals surface area contributed by atoms with E-state index in [2.05, 4.69) is 10.3 Å². The van der Waals surface area contributed by atoms with Gasteiger partial charge in [-0.2, -0.15) is 0 Å². The molecule has 0 bridgehead atoms. The Morgan fingerprint density at radius 1 is 1.17 bits per heavy atom. The van der Waals surface area contributed by atoms with Crippen molar-refractivity contribution in [3.63, 3.8) is 0 Å².